The average Bonchev–Trinajstić information content (AvgIpc) is 3.77. The van der Waals surface area contributed by atoms with E-state index in [0.717, 1.165) is 0 Å². The average molecular weight is 542 g/mol. The number of benzene rings is 1. The van der Waals surface area contributed by atoms with Crippen molar-refractivity contribution in [2.24, 2.45) is 0 Å². The Labute approximate surface area is 229 Å². The fourth-order valence-electron chi connectivity index (χ4n) is 5.29. The molecule has 2 N–H and O–H groups in total. The number of nitrogens with zero attached hydrogens (tertiary/aromatic N) is 5. The molecule has 12 nitrogen and oxygen atoms in total. The number of Topliss-reactive ketones (excluding diaryl/α,β-unsaturated/α-hetero) is 1. The molecule has 0 spiro atoms. The summed E-state index contributed by atoms with van der Waals surface area (Å²) in [5, 5.41) is 10.4. The third-order valence-electron chi connectivity index (χ3n) is 7.35. The number of fused-ring (bicyclic) bond motifs is 1. The number of carbonyl (C=O) groups excluding carboxylic acids is 3. The first-order chi connectivity index (χ1) is 19.5. The zero-order chi connectivity index (χ0) is 27.8. The molecule has 5 heterocycles. The highest BCUT2D eigenvalue weighted by atomic mass is 16.5. The first-order valence-corrected chi connectivity index (χ1v) is 12.9. The van der Waals surface area contributed by atoms with E-state index >= 15 is 0 Å². The van der Waals surface area contributed by atoms with Crippen molar-refractivity contribution in [3.8, 4) is 28.7 Å². The highest BCUT2D eigenvalue weighted by Crippen LogP contribution is 2.43. The highest BCUT2D eigenvalue weighted by Gasteiger charge is 2.41. The Kier molecular flexibility index (Phi) is 6.50. The summed E-state index contributed by atoms with van der Waals surface area (Å²) in [6, 6.07) is 10.5. The van der Waals surface area contributed by atoms with Crippen LogP contribution in [0.1, 0.15) is 28.8 Å². The third-order valence-corrected chi connectivity index (χ3v) is 7.35. The number of carbonyl (C=O) groups is 3. The predicted molar refractivity (Wildman–Crippen MR) is 144 cm³/mol. The maximum atomic E-state index is 13.6. The lowest BCUT2D eigenvalue weighted by atomic mass is 9.94. The topological polar surface area (TPSA) is 147 Å². The zero-order valence-electron chi connectivity index (χ0n) is 22.0. The molecule has 1 aromatic carbocycles. The van der Waals surface area contributed by atoms with Crippen LogP contribution in [0.4, 0.5) is 5.69 Å². The van der Waals surface area contributed by atoms with E-state index in [9.17, 15) is 14.4 Å². The van der Waals surface area contributed by atoms with E-state index < -0.39 is 17.6 Å². The summed E-state index contributed by atoms with van der Waals surface area (Å²) in [5.41, 5.74) is 2.88. The van der Waals surface area contributed by atoms with E-state index in [-0.39, 0.29) is 31.6 Å². The number of aromatic nitrogens is 4. The second-order valence-electron chi connectivity index (χ2n) is 9.75. The fraction of sp³-hybridized carbons (Fsp3) is 0.286. The number of rotatable bonds is 6. The molecule has 1 fully saturated rings. The van der Waals surface area contributed by atoms with Gasteiger partial charge in [0.15, 0.2) is 11.6 Å². The number of nitrogens with one attached hydrogen (secondary N) is 2. The van der Waals surface area contributed by atoms with Crippen LogP contribution in [0.15, 0.2) is 59.5 Å². The lowest BCUT2D eigenvalue weighted by Gasteiger charge is -2.39. The van der Waals surface area contributed by atoms with Crippen molar-refractivity contribution in [2.75, 3.05) is 38.6 Å². The van der Waals surface area contributed by atoms with Crippen LogP contribution >= 0.6 is 0 Å². The van der Waals surface area contributed by atoms with Crippen LogP contribution in [0.25, 0.3) is 22.9 Å². The molecular weight excluding hydrogens is 514 g/mol. The van der Waals surface area contributed by atoms with Gasteiger partial charge in [-0.1, -0.05) is 18.2 Å². The summed E-state index contributed by atoms with van der Waals surface area (Å²) in [4.78, 5) is 52.3. The zero-order valence-corrected chi connectivity index (χ0v) is 22.0. The lowest BCUT2D eigenvalue weighted by molar-refractivity contribution is -0.146. The Bertz CT molecular complexity index is 1570. The predicted octanol–water partition coefficient (Wildman–Crippen LogP) is 2.59. The van der Waals surface area contributed by atoms with Crippen molar-refractivity contribution in [3.63, 3.8) is 0 Å². The van der Waals surface area contributed by atoms with E-state index in [1.807, 2.05) is 25.1 Å². The number of pyridine rings is 1. The van der Waals surface area contributed by atoms with E-state index in [0.29, 0.717) is 52.0 Å². The number of methoxy groups -OCH3 is 1. The van der Waals surface area contributed by atoms with Gasteiger partial charge in [-0.05, 0) is 25.1 Å². The first kappa shape index (κ1) is 25.3. The van der Waals surface area contributed by atoms with Gasteiger partial charge in [0, 0.05) is 43.3 Å². The standard InChI is InChI=1S/C28H27N7O5/c1-16-14-34(9-10-35(16)27(37)17-6-4-3-5-7-17)28(38)24(36)19-12-29-22-21(19)20(39-2)13-30-23(22)26-31-25(32-33-26)18-8-11-40-15-18/h3-8,11,13,15-16,19,29H,9-10,12,14H2,1-2H3,(H,31,32,33). The normalized spacial score (nSPS) is 18.2. The largest absolute Gasteiger partial charge is 0.495 e. The Morgan fingerprint density at radius 2 is 1.95 bits per heavy atom. The number of ether oxygens (including phenoxy) is 1. The monoisotopic (exact) mass is 541 g/mol. The van der Waals surface area contributed by atoms with Crippen LogP contribution in [-0.4, -0.2) is 86.9 Å². The van der Waals surface area contributed by atoms with Gasteiger partial charge in [0.1, 0.15) is 17.7 Å². The van der Waals surface area contributed by atoms with Crippen molar-refractivity contribution in [2.45, 2.75) is 18.9 Å². The number of anilines is 1. The second-order valence-corrected chi connectivity index (χ2v) is 9.75. The minimum Gasteiger partial charge on any atom is -0.495 e. The minimum atomic E-state index is -0.769. The van der Waals surface area contributed by atoms with E-state index in [1.54, 1.807) is 23.1 Å². The van der Waals surface area contributed by atoms with Gasteiger partial charge in [0.05, 0.1) is 36.7 Å². The molecule has 2 atom stereocenters. The third kappa shape index (κ3) is 4.36. The van der Waals surface area contributed by atoms with Gasteiger partial charge in [-0.2, -0.15) is 5.10 Å². The summed E-state index contributed by atoms with van der Waals surface area (Å²) in [7, 11) is 1.49. The molecule has 2 aliphatic heterocycles. The molecule has 6 rings (SSSR count). The number of aromatic amines is 1. The highest BCUT2D eigenvalue weighted by molar-refractivity contribution is 6.38. The Hall–Kier alpha value is -5.00. The number of hydrogen-bond donors (Lipinski definition) is 2. The molecule has 40 heavy (non-hydrogen) atoms. The molecule has 0 radical (unpaired) electrons. The number of ketones is 1. The Morgan fingerprint density at radius 3 is 2.67 bits per heavy atom. The summed E-state index contributed by atoms with van der Waals surface area (Å²) < 4.78 is 10.6. The number of hydrogen-bond acceptors (Lipinski definition) is 9. The maximum Gasteiger partial charge on any atom is 0.290 e. The number of furan rings is 1. The van der Waals surface area contributed by atoms with Crippen molar-refractivity contribution in [1.82, 2.24) is 30.0 Å². The van der Waals surface area contributed by atoms with Crippen molar-refractivity contribution < 1.29 is 23.5 Å². The van der Waals surface area contributed by atoms with Crippen molar-refractivity contribution in [1.29, 1.82) is 0 Å². The molecule has 3 aromatic heterocycles. The van der Waals surface area contributed by atoms with Gasteiger partial charge < -0.3 is 24.3 Å². The summed E-state index contributed by atoms with van der Waals surface area (Å²) in [6.45, 7) is 2.97. The van der Waals surface area contributed by atoms with E-state index in [1.165, 1.54) is 30.7 Å². The van der Waals surface area contributed by atoms with Crippen LogP contribution in [0.3, 0.4) is 0 Å². The number of amides is 2. The number of piperazine rings is 1. The summed E-state index contributed by atoms with van der Waals surface area (Å²) in [5.74, 6) is -0.751. The van der Waals surface area contributed by atoms with Crippen LogP contribution in [-0.2, 0) is 9.59 Å². The molecule has 1 saturated heterocycles. The second kappa shape index (κ2) is 10.3. The molecule has 204 valence electrons. The molecule has 12 heteroatoms. The smallest absolute Gasteiger partial charge is 0.290 e. The molecule has 2 amide bonds. The number of H-pyrrole nitrogens is 1. The molecule has 0 aliphatic carbocycles. The molecular formula is C28H27N7O5. The summed E-state index contributed by atoms with van der Waals surface area (Å²) in [6.07, 6.45) is 4.59. The SMILES string of the molecule is COc1cnc(-c2nc(-c3ccoc3)n[nH]2)c2c1C(C(=O)C(=O)N1CCN(C(=O)c3ccccc3)C(C)C1)CN2. The van der Waals surface area contributed by atoms with Gasteiger partial charge in [-0.25, -0.2) is 9.97 Å². The van der Waals surface area contributed by atoms with Crippen LogP contribution in [0, 0.1) is 0 Å². The Morgan fingerprint density at radius 1 is 1.12 bits per heavy atom. The van der Waals surface area contributed by atoms with Gasteiger partial charge >= 0.3 is 0 Å². The van der Waals surface area contributed by atoms with Crippen LogP contribution in [0.5, 0.6) is 5.75 Å². The first-order valence-electron chi connectivity index (χ1n) is 12.9. The van der Waals surface area contributed by atoms with Crippen LogP contribution < -0.4 is 10.1 Å². The molecule has 2 aliphatic rings. The fourth-order valence-corrected chi connectivity index (χ4v) is 5.29. The molecule has 0 bridgehead atoms. The van der Waals surface area contributed by atoms with Gasteiger partial charge in [-0.3, -0.25) is 19.5 Å². The van der Waals surface area contributed by atoms with E-state index in [2.05, 4.69) is 25.5 Å². The van der Waals surface area contributed by atoms with E-state index in [4.69, 9.17) is 9.15 Å². The van der Waals surface area contributed by atoms with Crippen molar-refractivity contribution in [3.05, 3.63) is 66.2 Å². The van der Waals surface area contributed by atoms with Gasteiger partial charge in [-0.15, -0.1) is 0 Å². The summed E-state index contributed by atoms with van der Waals surface area (Å²) >= 11 is 0. The van der Waals surface area contributed by atoms with Gasteiger partial charge in [0.25, 0.3) is 11.8 Å². The molecule has 2 unspecified atom stereocenters. The van der Waals surface area contributed by atoms with Gasteiger partial charge in [0.2, 0.25) is 5.78 Å². The lowest BCUT2D eigenvalue weighted by Crippen LogP contribution is -2.57. The van der Waals surface area contributed by atoms with Crippen LogP contribution in [0.2, 0.25) is 0 Å². The van der Waals surface area contributed by atoms with Crippen molar-refractivity contribution >= 4 is 23.3 Å². The molecule has 0 saturated carbocycles. The Balaban J connectivity index is 1.21. The maximum absolute atomic E-state index is 13.6. The molecule has 4 aromatic rings. The minimum absolute atomic E-state index is 0.0893. The quantitative estimate of drug-likeness (QED) is 0.352.